The van der Waals surface area contributed by atoms with Crippen LogP contribution in [0.25, 0.3) is 22.3 Å². The average molecular weight is 294 g/mol. The molecule has 22 heavy (non-hydrogen) atoms. The summed E-state index contributed by atoms with van der Waals surface area (Å²) in [6, 6.07) is 7.36. The van der Waals surface area contributed by atoms with Crippen molar-refractivity contribution in [3.8, 4) is 11.4 Å². The number of aryl methyl sites for hydroxylation is 1. The normalized spacial score (nSPS) is 12.5. The highest BCUT2D eigenvalue weighted by Crippen LogP contribution is 2.24. The maximum absolute atomic E-state index is 12.7. The smallest absolute Gasteiger partial charge is 0.261 e. The molecule has 0 spiro atoms. The van der Waals surface area contributed by atoms with Gasteiger partial charge in [0.25, 0.3) is 5.56 Å². The Morgan fingerprint density at radius 2 is 1.91 bits per heavy atom. The fourth-order valence-corrected chi connectivity index (χ4v) is 2.66. The lowest BCUT2D eigenvalue weighted by Crippen LogP contribution is -2.21. The molecule has 112 valence electrons. The summed E-state index contributed by atoms with van der Waals surface area (Å²) in [7, 11) is 1.73. The lowest BCUT2D eigenvalue weighted by molar-refractivity contribution is 0.814. The maximum Gasteiger partial charge on any atom is 0.261 e. The second kappa shape index (κ2) is 5.35. The lowest BCUT2D eigenvalue weighted by Gasteiger charge is -2.14. The predicted octanol–water partition coefficient (Wildman–Crippen LogP) is 2.32. The molecule has 0 fully saturated rings. The summed E-state index contributed by atoms with van der Waals surface area (Å²) in [6.07, 6.45) is 3.38. The summed E-state index contributed by atoms with van der Waals surface area (Å²) < 4.78 is 1.57. The van der Waals surface area contributed by atoms with Crippen LogP contribution in [-0.4, -0.2) is 14.5 Å². The van der Waals surface area contributed by atoms with Gasteiger partial charge in [-0.25, -0.2) is 4.98 Å². The van der Waals surface area contributed by atoms with Crippen LogP contribution < -0.4 is 11.3 Å². The van der Waals surface area contributed by atoms with Gasteiger partial charge in [-0.05, 0) is 43.2 Å². The first kappa shape index (κ1) is 14.4. The molecule has 5 nitrogen and oxygen atoms in total. The van der Waals surface area contributed by atoms with Crippen LogP contribution in [0.1, 0.15) is 24.1 Å². The van der Waals surface area contributed by atoms with E-state index in [4.69, 9.17) is 10.7 Å². The zero-order valence-electron chi connectivity index (χ0n) is 12.9. The van der Waals surface area contributed by atoms with Gasteiger partial charge in [-0.15, -0.1) is 0 Å². The first-order chi connectivity index (χ1) is 10.5. The molecule has 5 heteroatoms. The van der Waals surface area contributed by atoms with Gasteiger partial charge in [0, 0.05) is 31.0 Å². The third kappa shape index (κ3) is 2.29. The summed E-state index contributed by atoms with van der Waals surface area (Å²) in [5.74, 6) is 0.616. The van der Waals surface area contributed by atoms with Gasteiger partial charge in [0.05, 0.1) is 10.9 Å². The Bertz CT molecular complexity index is 898. The van der Waals surface area contributed by atoms with Crippen LogP contribution in [0, 0.1) is 6.92 Å². The molecule has 0 saturated heterocycles. The number of nitrogens with zero attached hydrogens (tertiary/aromatic N) is 3. The minimum absolute atomic E-state index is 0.0672. The summed E-state index contributed by atoms with van der Waals surface area (Å²) in [5, 5.41) is 0.604. The van der Waals surface area contributed by atoms with Gasteiger partial charge < -0.3 is 5.73 Å². The van der Waals surface area contributed by atoms with E-state index >= 15 is 0 Å². The molecular formula is C17H18N4O. The second-order valence-corrected chi connectivity index (χ2v) is 5.57. The monoisotopic (exact) mass is 294 g/mol. The van der Waals surface area contributed by atoms with Crippen LogP contribution in [0.5, 0.6) is 0 Å². The second-order valence-electron chi connectivity index (χ2n) is 5.57. The zero-order chi connectivity index (χ0) is 15.9. The number of rotatable bonds is 2. The SMILES string of the molecule is Cc1cc(C(C)N)c2nc(-c3ccncc3)n(C)c(=O)c2c1. The van der Waals surface area contributed by atoms with Crippen LogP contribution in [0.4, 0.5) is 0 Å². The van der Waals surface area contributed by atoms with Gasteiger partial charge >= 0.3 is 0 Å². The van der Waals surface area contributed by atoms with Crippen molar-refractivity contribution in [2.75, 3.05) is 0 Å². The number of hydrogen-bond acceptors (Lipinski definition) is 4. The van der Waals surface area contributed by atoms with E-state index in [1.165, 1.54) is 0 Å². The zero-order valence-corrected chi connectivity index (χ0v) is 12.9. The van der Waals surface area contributed by atoms with Crippen molar-refractivity contribution in [3.63, 3.8) is 0 Å². The van der Waals surface area contributed by atoms with E-state index < -0.39 is 0 Å². The standard InChI is InChI=1S/C17H18N4O/c1-10-8-13(11(2)18)15-14(9-10)17(22)21(3)16(20-15)12-4-6-19-7-5-12/h4-9,11H,18H2,1-3H3. The van der Waals surface area contributed by atoms with E-state index in [2.05, 4.69) is 4.98 Å². The molecule has 2 N–H and O–H groups in total. The lowest BCUT2D eigenvalue weighted by atomic mass is 10.0. The topological polar surface area (TPSA) is 73.8 Å². The molecule has 1 aromatic carbocycles. The molecule has 0 amide bonds. The van der Waals surface area contributed by atoms with E-state index in [-0.39, 0.29) is 11.6 Å². The molecule has 0 radical (unpaired) electrons. The fraction of sp³-hybridized carbons (Fsp3) is 0.235. The Morgan fingerprint density at radius 3 is 2.55 bits per heavy atom. The van der Waals surface area contributed by atoms with Crippen LogP contribution in [0.15, 0.2) is 41.5 Å². The number of nitrogens with two attached hydrogens (primary N) is 1. The molecule has 3 rings (SSSR count). The molecule has 0 aliphatic rings. The fourth-order valence-electron chi connectivity index (χ4n) is 2.66. The first-order valence-electron chi connectivity index (χ1n) is 7.16. The molecule has 1 unspecified atom stereocenters. The Hall–Kier alpha value is -2.53. The van der Waals surface area contributed by atoms with E-state index in [1.54, 1.807) is 24.0 Å². The van der Waals surface area contributed by atoms with Gasteiger partial charge in [0.15, 0.2) is 0 Å². The van der Waals surface area contributed by atoms with Crippen molar-refractivity contribution in [1.82, 2.24) is 14.5 Å². The number of pyridine rings is 1. The molecule has 0 saturated carbocycles. The average Bonchev–Trinajstić information content (AvgIpc) is 2.51. The largest absolute Gasteiger partial charge is 0.324 e. The van der Waals surface area contributed by atoms with Crippen molar-refractivity contribution in [2.24, 2.45) is 12.8 Å². The summed E-state index contributed by atoms with van der Waals surface area (Å²) in [6.45, 7) is 3.86. The van der Waals surface area contributed by atoms with E-state index in [1.807, 2.05) is 38.1 Å². The van der Waals surface area contributed by atoms with Gasteiger partial charge in [0.2, 0.25) is 0 Å². The third-order valence-electron chi connectivity index (χ3n) is 3.78. The molecule has 0 bridgehead atoms. The molecule has 3 aromatic rings. The highest BCUT2D eigenvalue weighted by atomic mass is 16.1. The quantitative estimate of drug-likeness (QED) is 0.787. The predicted molar refractivity (Wildman–Crippen MR) is 87.6 cm³/mol. The minimum atomic E-state index is -0.188. The van der Waals surface area contributed by atoms with Crippen molar-refractivity contribution < 1.29 is 0 Å². The number of benzene rings is 1. The highest BCUT2D eigenvalue weighted by molar-refractivity contribution is 5.84. The van der Waals surface area contributed by atoms with E-state index in [9.17, 15) is 4.79 Å². The number of hydrogen-bond donors (Lipinski definition) is 1. The number of aromatic nitrogens is 3. The van der Waals surface area contributed by atoms with Crippen molar-refractivity contribution in [2.45, 2.75) is 19.9 Å². The summed E-state index contributed by atoms with van der Waals surface area (Å²) >= 11 is 0. The van der Waals surface area contributed by atoms with Gasteiger partial charge in [-0.3, -0.25) is 14.3 Å². The minimum Gasteiger partial charge on any atom is -0.324 e. The molecule has 1 atom stereocenters. The molecular weight excluding hydrogens is 276 g/mol. The molecule has 2 aromatic heterocycles. The Balaban J connectivity index is 2.43. The van der Waals surface area contributed by atoms with Crippen LogP contribution >= 0.6 is 0 Å². The van der Waals surface area contributed by atoms with Crippen LogP contribution in [0.2, 0.25) is 0 Å². The van der Waals surface area contributed by atoms with Crippen molar-refractivity contribution >= 4 is 10.9 Å². The van der Waals surface area contributed by atoms with Gasteiger partial charge in [-0.1, -0.05) is 6.07 Å². The maximum atomic E-state index is 12.7. The Kier molecular flexibility index (Phi) is 3.50. The summed E-state index contributed by atoms with van der Waals surface area (Å²) in [4.78, 5) is 21.4. The van der Waals surface area contributed by atoms with Crippen LogP contribution in [-0.2, 0) is 7.05 Å². The molecule has 2 heterocycles. The number of fused-ring (bicyclic) bond motifs is 1. The highest BCUT2D eigenvalue weighted by Gasteiger charge is 2.15. The van der Waals surface area contributed by atoms with Crippen molar-refractivity contribution in [1.29, 1.82) is 0 Å². The molecule has 0 aliphatic carbocycles. The van der Waals surface area contributed by atoms with Crippen molar-refractivity contribution in [3.05, 3.63) is 58.1 Å². The first-order valence-corrected chi connectivity index (χ1v) is 7.16. The van der Waals surface area contributed by atoms with Crippen LogP contribution in [0.3, 0.4) is 0 Å². The van der Waals surface area contributed by atoms with E-state index in [0.717, 1.165) is 16.7 Å². The van der Waals surface area contributed by atoms with E-state index in [0.29, 0.717) is 16.7 Å². The van der Waals surface area contributed by atoms with Gasteiger partial charge in [0.1, 0.15) is 5.82 Å². The van der Waals surface area contributed by atoms with Gasteiger partial charge in [-0.2, -0.15) is 0 Å². The Morgan fingerprint density at radius 1 is 1.23 bits per heavy atom. The molecule has 0 aliphatic heterocycles. The summed E-state index contributed by atoms with van der Waals surface area (Å²) in [5.41, 5.74) is 9.43. The Labute approximate surface area is 128 Å². The third-order valence-corrected chi connectivity index (χ3v) is 3.78.